The van der Waals surface area contributed by atoms with Gasteiger partial charge in [0.2, 0.25) is 5.91 Å². The lowest BCUT2D eigenvalue weighted by Gasteiger charge is -2.17. The van der Waals surface area contributed by atoms with Crippen molar-refractivity contribution in [3.05, 3.63) is 29.8 Å². The quantitative estimate of drug-likeness (QED) is 0.793. The van der Waals surface area contributed by atoms with Gasteiger partial charge in [0.25, 0.3) is 0 Å². The maximum Gasteiger partial charge on any atom is 0.230 e. The van der Waals surface area contributed by atoms with Crippen molar-refractivity contribution in [1.29, 1.82) is 0 Å². The average Bonchev–Trinajstić information content (AvgIpc) is 2.91. The largest absolute Gasteiger partial charge is 0.396 e. The second-order valence-corrected chi connectivity index (χ2v) is 6.51. The van der Waals surface area contributed by atoms with Crippen LogP contribution < -0.4 is 5.32 Å². The van der Waals surface area contributed by atoms with E-state index in [1.165, 1.54) is 12.0 Å². The summed E-state index contributed by atoms with van der Waals surface area (Å²) in [4.78, 5) is 13.0. The molecule has 1 aliphatic carbocycles. The topological polar surface area (TPSA) is 49.3 Å². The maximum atomic E-state index is 11.9. The molecule has 110 valence electrons. The molecule has 0 aliphatic heterocycles. The van der Waals surface area contributed by atoms with Crippen LogP contribution in [0.15, 0.2) is 29.2 Å². The van der Waals surface area contributed by atoms with Crippen molar-refractivity contribution in [2.45, 2.75) is 31.1 Å². The van der Waals surface area contributed by atoms with Crippen LogP contribution in [-0.2, 0) is 4.79 Å². The predicted molar refractivity (Wildman–Crippen MR) is 82.8 cm³/mol. The van der Waals surface area contributed by atoms with E-state index in [9.17, 15) is 9.90 Å². The molecule has 0 heterocycles. The summed E-state index contributed by atoms with van der Waals surface area (Å²) >= 11 is 1.58. The highest BCUT2D eigenvalue weighted by Crippen LogP contribution is 2.30. The van der Waals surface area contributed by atoms with Crippen LogP contribution in [0.3, 0.4) is 0 Å². The lowest BCUT2D eigenvalue weighted by atomic mass is 9.97. The standard InChI is InChI=1S/C16H23NO2S/c1-12-5-2-3-8-15(12)20-11-16(19)17-9-13-6-4-7-14(13)10-18/h2-3,5,8,13-14,18H,4,6-7,9-11H2,1H3,(H,17,19). The van der Waals surface area contributed by atoms with Gasteiger partial charge in [-0.2, -0.15) is 0 Å². The number of aryl methyl sites for hydroxylation is 1. The number of carbonyl (C=O) groups excluding carboxylic acids is 1. The molecule has 0 spiro atoms. The molecule has 3 nitrogen and oxygen atoms in total. The fraction of sp³-hybridized carbons (Fsp3) is 0.562. The van der Waals surface area contributed by atoms with Crippen LogP contribution in [0.1, 0.15) is 24.8 Å². The normalized spacial score (nSPS) is 21.9. The highest BCUT2D eigenvalue weighted by Gasteiger charge is 2.26. The first-order chi connectivity index (χ1) is 9.70. The third kappa shape index (κ3) is 4.25. The van der Waals surface area contributed by atoms with Gasteiger partial charge in [-0.15, -0.1) is 11.8 Å². The molecule has 20 heavy (non-hydrogen) atoms. The van der Waals surface area contributed by atoms with E-state index in [4.69, 9.17) is 0 Å². The molecule has 1 aliphatic rings. The zero-order valence-electron chi connectivity index (χ0n) is 12.0. The van der Waals surface area contributed by atoms with E-state index in [1.807, 2.05) is 18.2 Å². The Bertz CT molecular complexity index is 450. The maximum absolute atomic E-state index is 11.9. The second-order valence-electron chi connectivity index (χ2n) is 5.49. The summed E-state index contributed by atoms with van der Waals surface area (Å²) in [6, 6.07) is 8.11. The zero-order chi connectivity index (χ0) is 14.4. The molecule has 1 saturated carbocycles. The van der Waals surface area contributed by atoms with E-state index >= 15 is 0 Å². The lowest BCUT2D eigenvalue weighted by Crippen LogP contribution is -2.32. The minimum absolute atomic E-state index is 0.0850. The van der Waals surface area contributed by atoms with Crippen LogP contribution in [0.4, 0.5) is 0 Å². The number of hydrogen-bond donors (Lipinski definition) is 2. The summed E-state index contributed by atoms with van der Waals surface area (Å²) in [6.45, 7) is 3.02. The monoisotopic (exact) mass is 293 g/mol. The number of rotatable bonds is 6. The van der Waals surface area contributed by atoms with Crippen molar-refractivity contribution in [1.82, 2.24) is 5.32 Å². The van der Waals surface area contributed by atoms with Crippen LogP contribution in [0.25, 0.3) is 0 Å². The molecule has 0 radical (unpaired) electrons. The summed E-state index contributed by atoms with van der Waals surface area (Å²) in [6.07, 6.45) is 3.38. The van der Waals surface area contributed by atoms with E-state index in [-0.39, 0.29) is 12.5 Å². The lowest BCUT2D eigenvalue weighted by molar-refractivity contribution is -0.118. The Morgan fingerprint density at radius 1 is 1.35 bits per heavy atom. The molecule has 1 fully saturated rings. The molecule has 4 heteroatoms. The van der Waals surface area contributed by atoms with Crippen LogP contribution in [0.2, 0.25) is 0 Å². The molecule has 2 atom stereocenters. The number of aliphatic hydroxyl groups is 1. The average molecular weight is 293 g/mol. The molecule has 1 amide bonds. The molecule has 0 saturated heterocycles. The number of benzene rings is 1. The third-order valence-electron chi connectivity index (χ3n) is 4.06. The minimum atomic E-state index is 0.0850. The molecule has 0 bridgehead atoms. The van der Waals surface area contributed by atoms with E-state index in [2.05, 4.69) is 18.3 Å². The zero-order valence-corrected chi connectivity index (χ0v) is 12.8. The van der Waals surface area contributed by atoms with Gasteiger partial charge in [0.05, 0.1) is 5.75 Å². The molecule has 2 N–H and O–H groups in total. The molecular formula is C16H23NO2S. The van der Waals surface area contributed by atoms with Crippen molar-refractivity contribution in [2.24, 2.45) is 11.8 Å². The fourth-order valence-corrected chi connectivity index (χ4v) is 3.64. The highest BCUT2D eigenvalue weighted by molar-refractivity contribution is 8.00. The Hall–Kier alpha value is -1.00. The first kappa shape index (κ1) is 15.4. The number of aliphatic hydroxyl groups excluding tert-OH is 1. The van der Waals surface area contributed by atoms with E-state index < -0.39 is 0 Å². The molecule has 1 aromatic rings. The molecular weight excluding hydrogens is 270 g/mol. The number of nitrogens with one attached hydrogen (secondary N) is 1. The van der Waals surface area contributed by atoms with Gasteiger partial charge in [-0.25, -0.2) is 0 Å². The number of hydrogen-bond acceptors (Lipinski definition) is 3. The first-order valence-corrected chi connectivity index (χ1v) is 8.25. The summed E-state index contributed by atoms with van der Waals surface area (Å²) in [5.74, 6) is 1.37. The summed E-state index contributed by atoms with van der Waals surface area (Å²) in [7, 11) is 0. The second kappa shape index (κ2) is 7.70. The van der Waals surface area contributed by atoms with E-state index in [1.54, 1.807) is 11.8 Å². The smallest absolute Gasteiger partial charge is 0.230 e. The van der Waals surface area contributed by atoms with E-state index in [0.29, 0.717) is 24.1 Å². The van der Waals surface area contributed by atoms with Gasteiger partial charge in [0.1, 0.15) is 0 Å². The number of thioether (sulfide) groups is 1. The Kier molecular flexibility index (Phi) is 5.92. The summed E-state index contributed by atoms with van der Waals surface area (Å²) in [5, 5.41) is 12.3. The van der Waals surface area contributed by atoms with Gasteiger partial charge in [0.15, 0.2) is 0 Å². The van der Waals surface area contributed by atoms with E-state index in [0.717, 1.165) is 17.7 Å². The highest BCUT2D eigenvalue weighted by atomic mass is 32.2. The van der Waals surface area contributed by atoms with Crippen molar-refractivity contribution in [3.8, 4) is 0 Å². The Morgan fingerprint density at radius 3 is 2.85 bits per heavy atom. The predicted octanol–water partition coefficient (Wildman–Crippen LogP) is 2.61. The van der Waals surface area contributed by atoms with Gasteiger partial charge in [-0.05, 0) is 43.2 Å². The van der Waals surface area contributed by atoms with Gasteiger partial charge in [-0.1, -0.05) is 24.6 Å². The van der Waals surface area contributed by atoms with Gasteiger partial charge >= 0.3 is 0 Å². The number of amides is 1. The van der Waals surface area contributed by atoms with Crippen LogP contribution >= 0.6 is 11.8 Å². The Balaban J connectivity index is 1.72. The van der Waals surface area contributed by atoms with Gasteiger partial charge in [0, 0.05) is 18.0 Å². The Morgan fingerprint density at radius 2 is 2.10 bits per heavy atom. The molecule has 0 aromatic heterocycles. The minimum Gasteiger partial charge on any atom is -0.396 e. The molecule has 2 rings (SSSR count). The SMILES string of the molecule is Cc1ccccc1SCC(=O)NCC1CCCC1CO. The van der Waals surface area contributed by atoms with Crippen molar-refractivity contribution in [3.63, 3.8) is 0 Å². The van der Waals surface area contributed by atoms with Gasteiger partial charge < -0.3 is 10.4 Å². The summed E-state index contributed by atoms with van der Waals surface area (Å²) < 4.78 is 0. The molecule has 1 aromatic carbocycles. The molecule has 2 unspecified atom stereocenters. The van der Waals surface area contributed by atoms with Crippen molar-refractivity contribution < 1.29 is 9.90 Å². The van der Waals surface area contributed by atoms with Crippen LogP contribution in [0.5, 0.6) is 0 Å². The van der Waals surface area contributed by atoms with Crippen LogP contribution in [0, 0.1) is 18.8 Å². The Labute approximate surface area is 125 Å². The third-order valence-corrected chi connectivity index (χ3v) is 5.24. The van der Waals surface area contributed by atoms with Crippen molar-refractivity contribution >= 4 is 17.7 Å². The summed E-state index contributed by atoms with van der Waals surface area (Å²) in [5.41, 5.74) is 1.21. The van der Waals surface area contributed by atoms with Crippen LogP contribution in [-0.4, -0.2) is 29.9 Å². The first-order valence-electron chi connectivity index (χ1n) is 7.26. The van der Waals surface area contributed by atoms with Gasteiger partial charge in [-0.3, -0.25) is 4.79 Å². The fourth-order valence-electron chi connectivity index (χ4n) is 2.78. The number of carbonyl (C=O) groups is 1. The van der Waals surface area contributed by atoms with Crippen molar-refractivity contribution in [2.75, 3.05) is 18.9 Å².